The van der Waals surface area contributed by atoms with E-state index in [9.17, 15) is 4.79 Å². The average Bonchev–Trinajstić information content (AvgIpc) is 2.57. The molecule has 5 nitrogen and oxygen atoms in total. The first-order valence-electron chi connectivity index (χ1n) is 4.50. The molecule has 2 heterocycles. The fourth-order valence-corrected chi connectivity index (χ4v) is 1.36. The maximum Gasteiger partial charge on any atom is 0.256 e. The smallest absolute Gasteiger partial charge is 0.256 e. The maximum atomic E-state index is 11.4. The summed E-state index contributed by atoms with van der Waals surface area (Å²) in [4.78, 5) is 14.1. The van der Waals surface area contributed by atoms with Crippen LogP contribution in [0.3, 0.4) is 0 Å². The Balaban J connectivity index is 2.87. The standard InChI is InChI=1S/C9H12N4O/c1-3-6-4-7-11-9(14)5(2)8(10)13(7)12-6/h4H,3,10H2,1-2H3,(H,11,14). The molecule has 0 radical (unpaired) electrons. The van der Waals surface area contributed by atoms with Crippen LogP contribution in [-0.4, -0.2) is 14.6 Å². The van der Waals surface area contributed by atoms with E-state index in [0.717, 1.165) is 12.1 Å². The van der Waals surface area contributed by atoms with Gasteiger partial charge in [0.15, 0.2) is 0 Å². The van der Waals surface area contributed by atoms with Crippen molar-refractivity contribution in [1.29, 1.82) is 0 Å². The number of nitrogens with two attached hydrogens (primary N) is 1. The number of hydrogen-bond acceptors (Lipinski definition) is 3. The topological polar surface area (TPSA) is 76.2 Å². The van der Waals surface area contributed by atoms with Crippen molar-refractivity contribution in [2.45, 2.75) is 20.3 Å². The summed E-state index contributed by atoms with van der Waals surface area (Å²) in [5.41, 5.74) is 7.68. The summed E-state index contributed by atoms with van der Waals surface area (Å²) in [5.74, 6) is 0.406. The number of hydrogen-bond donors (Lipinski definition) is 2. The van der Waals surface area contributed by atoms with Gasteiger partial charge in [0.25, 0.3) is 5.56 Å². The number of H-pyrrole nitrogens is 1. The number of nitrogens with one attached hydrogen (secondary N) is 1. The third-order valence-electron chi connectivity index (χ3n) is 2.32. The van der Waals surface area contributed by atoms with Gasteiger partial charge in [-0.2, -0.15) is 5.10 Å². The summed E-state index contributed by atoms with van der Waals surface area (Å²) in [6, 6.07) is 1.83. The van der Waals surface area contributed by atoms with Gasteiger partial charge in [0.2, 0.25) is 0 Å². The lowest BCUT2D eigenvalue weighted by Crippen LogP contribution is -2.16. The van der Waals surface area contributed by atoms with Gasteiger partial charge in [-0.15, -0.1) is 0 Å². The van der Waals surface area contributed by atoms with Crippen LogP contribution in [0.5, 0.6) is 0 Å². The quantitative estimate of drug-likeness (QED) is 0.689. The largest absolute Gasteiger partial charge is 0.383 e. The molecule has 0 aliphatic carbocycles. The van der Waals surface area contributed by atoms with Gasteiger partial charge in [-0.1, -0.05) is 6.92 Å². The lowest BCUT2D eigenvalue weighted by Gasteiger charge is -2.00. The lowest BCUT2D eigenvalue weighted by molar-refractivity contribution is 0.885. The molecule has 0 aromatic carbocycles. The number of nitrogen functional groups attached to an aromatic ring is 1. The summed E-state index contributed by atoms with van der Waals surface area (Å²) in [7, 11) is 0. The Morgan fingerprint density at radius 3 is 3.00 bits per heavy atom. The zero-order valence-electron chi connectivity index (χ0n) is 8.16. The third kappa shape index (κ3) is 1.09. The van der Waals surface area contributed by atoms with Crippen LogP contribution < -0.4 is 11.3 Å². The van der Waals surface area contributed by atoms with E-state index >= 15 is 0 Å². The Bertz CT molecular complexity index is 537. The van der Waals surface area contributed by atoms with Crippen molar-refractivity contribution in [2.75, 3.05) is 5.73 Å². The van der Waals surface area contributed by atoms with E-state index in [0.29, 0.717) is 17.0 Å². The van der Waals surface area contributed by atoms with E-state index in [1.807, 2.05) is 13.0 Å². The summed E-state index contributed by atoms with van der Waals surface area (Å²) in [5, 5.41) is 4.25. The maximum absolute atomic E-state index is 11.4. The highest BCUT2D eigenvalue weighted by molar-refractivity contribution is 5.50. The minimum absolute atomic E-state index is 0.155. The minimum atomic E-state index is -0.155. The molecule has 0 aliphatic rings. The first-order valence-corrected chi connectivity index (χ1v) is 4.50. The van der Waals surface area contributed by atoms with E-state index in [-0.39, 0.29) is 5.56 Å². The second kappa shape index (κ2) is 2.87. The molecule has 0 atom stereocenters. The van der Waals surface area contributed by atoms with Gasteiger partial charge in [-0.3, -0.25) is 4.79 Å². The molecule has 0 unspecified atom stereocenters. The summed E-state index contributed by atoms with van der Waals surface area (Å²) < 4.78 is 1.57. The second-order valence-electron chi connectivity index (χ2n) is 3.25. The number of rotatable bonds is 1. The number of fused-ring (bicyclic) bond motifs is 1. The van der Waals surface area contributed by atoms with Crippen molar-refractivity contribution < 1.29 is 0 Å². The van der Waals surface area contributed by atoms with Crippen molar-refractivity contribution in [1.82, 2.24) is 14.6 Å². The Morgan fingerprint density at radius 1 is 1.64 bits per heavy atom. The molecule has 0 saturated heterocycles. The molecule has 0 aliphatic heterocycles. The average molecular weight is 192 g/mol. The van der Waals surface area contributed by atoms with Crippen LogP contribution in [0.2, 0.25) is 0 Å². The molecular formula is C9H12N4O. The van der Waals surface area contributed by atoms with Gasteiger partial charge in [-0.05, 0) is 13.3 Å². The first kappa shape index (κ1) is 8.80. The van der Waals surface area contributed by atoms with E-state index < -0.39 is 0 Å². The molecule has 14 heavy (non-hydrogen) atoms. The predicted octanol–water partition coefficient (Wildman–Crippen LogP) is 0.476. The van der Waals surface area contributed by atoms with Gasteiger partial charge in [0.1, 0.15) is 11.5 Å². The molecule has 0 amide bonds. The molecule has 2 aromatic rings. The highest BCUT2D eigenvalue weighted by Crippen LogP contribution is 2.09. The molecule has 3 N–H and O–H groups in total. The molecule has 2 aromatic heterocycles. The highest BCUT2D eigenvalue weighted by Gasteiger charge is 2.07. The van der Waals surface area contributed by atoms with Gasteiger partial charge in [0.05, 0.1) is 11.3 Å². The van der Waals surface area contributed by atoms with Crippen LogP contribution >= 0.6 is 0 Å². The number of anilines is 1. The van der Waals surface area contributed by atoms with E-state index in [4.69, 9.17) is 5.73 Å². The fraction of sp³-hybridized carbons (Fsp3) is 0.333. The Labute approximate surface area is 80.6 Å². The number of aromatic amines is 1. The minimum Gasteiger partial charge on any atom is -0.383 e. The van der Waals surface area contributed by atoms with E-state index in [1.54, 1.807) is 11.4 Å². The predicted molar refractivity (Wildman–Crippen MR) is 54.3 cm³/mol. The van der Waals surface area contributed by atoms with Gasteiger partial charge in [-0.25, -0.2) is 4.52 Å². The van der Waals surface area contributed by atoms with E-state index in [2.05, 4.69) is 10.1 Å². The molecule has 5 heteroatoms. The van der Waals surface area contributed by atoms with Crippen LogP contribution in [0.15, 0.2) is 10.9 Å². The van der Waals surface area contributed by atoms with Gasteiger partial charge in [0, 0.05) is 6.07 Å². The molecule has 0 saturated carbocycles. The van der Waals surface area contributed by atoms with Crippen molar-refractivity contribution >= 4 is 11.5 Å². The zero-order valence-corrected chi connectivity index (χ0v) is 8.16. The number of aryl methyl sites for hydroxylation is 1. The van der Waals surface area contributed by atoms with Crippen LogP contribution in [0, 0.1) is 6.92 Å². The molecule has 74 valence electrons. The molecular weight excluding hydrogens is 180 g/mol. The fourth-order valence-electron chi connectivity index (χ4n) is 1.36. The van der Waals surface area contributed by atoms with Crippen molar-refractivity contribution in [3.8, 4) is 0 Å². The second-order valence-corrected chi connectivity index (χ2v) is 3.25. The highest BCUT2D eigenvalue weighted by atomic mass is 16.1. The molecule has 0 fully saturated rings. The Morgan fingerprint density at radius 2 is 2.36 bits per heavy atom. The van der Waals surface area contributed by atoms with Gasteiger partial charge < -0.3 is 10.7 Å². The van der Waals surface area contributed by atoms with E-state index in [1.165, 1.54) is 0 Å². The van der Waals surface area contributed by atoms with Crippen molar-refractivity contribution in [2.24, 2.45) is 0 Å². The molecule has 2 rings (SSSR count). The number of nitrogens with zero attached hydrogens (tertiary/aromatic N) is 2. The molecule has 0 bridgehead atoms. The van der Waals surface area contributed by atoms with Crippen molar-refractivity contribution in [3.05, 3.63) is 27.7 Å². The Kier molecular flexibility index (Phi) is 1.80. The SMILES string of the molecule is CCc1cc2[nH]c(=O)c(C)c(N)n2n1. The summed E-state index contributed by atoms with van der Waals surface area (Å²) in [6.07, 6.45) is 0.822. The van der Waals surface area contributed by atoms with Crippen LogP contribution in [-0.2, 0) is 6.42 Å². The summed E-state index contributed by atoms with van der Waals surface area (Å²) >= 11 is 0. The van der Waals surface area contributed by atoms with Crippen molar-refractivity contribution in [3.63, 3.8) is 0 Å². The lowest BCUT2D eigenvalue weighted by atomic mass is 10.3. The monoisotopic (exact) mass is 192 g/mol. The molecule has 0 spiro atoms. The van der Waals surface area contributed by atoms with Crippen LogP contribution in [0.1, 0.15) is 18.2 Å². The first-order chi connectivity index (χ1) is 6.63. The van der Waals surface area contributed by atoms with Crippen LogP contribution in [0.25, 0.3) is 5.65 Å². The van der Waals surface area contributed by atoms with Crippen LogP contribution in [0.4, 0.5) is 5.82 Å². The third-order valence-corrected chi connectivity index (χ3v) is 2.32. The normalized spacial score (nSPS) is 11.0. The number of aromatic nitrogens is 3. The zero-order chi connectivity index (χ0) is 10.3. The Hall–Kier alpha value is -1.78. The summed E-state index contributed by atoms with van der Waals surface area (Å²) in [6.45, 7) is 3.68. The van der Waals surface area contributed by atoms with Gasteiger partial charge >= 0.3 is 0 Å².